The molecule has 7 heteroatoms. The smallest absolute Gasteiger partial charge is 0.365 e. The van der Waals surface area contributed by atoms with E-state index in [0.29, 0.717) is 6.42 Å². The quantitative estimate of drug-likeness (QED) is 0.331. The summed E-state index contributed by atoms with van der Waals surface area (Å²) in [6, 6.07) is 0. The number of carbonyl (C=O) groups is 1. The van der Waals surface area contributed by atoms with E-state index in [2.05, 4.69) is 15.8 Å². The zero-order chi connectivity index (χ0) is 12.1. The van der Waals surface area contributed by atoms with Crippen LogP contribution in [0.4, 0.5) is 0 Å². The molecule has 0 rings (SSSR count). The average Bonchev–Trinajstić information content (AvgIpc) is 2.17. The standard InChI is InChI=1S/C8H15O6P/c1-5-7(4)12-15(11,14-10)13-8(9)6(2)3/h7,10H,2,5H2,1,3-4H3. The fraction of sp³-hybridized carbons (Fsp3) is 0.625. The van der Waals surface area contributed by atoms with Crippen LogP contribution in [0.5, 0.6) is 0 Å². The highest BCUT2D eigenvalue weighted by Crippen LogP contribution is 2.50. The summed E-state index contributed by atoms with van der Waals surface area (Å²) < 4.78 is 24.2. The van der Waals surface area contributed by atoms with Crippen LogP contribution in [0.3, 0.4) is 0 Å². The first-order valence-electron chi connectivity index (χ1n) is 4.35. The minimum Gasteiger partial charge on any atom is -0.365 e. The summed E-state index contributed by atoms with van der Waals surface area (Å²) in [5.41, 5.74) is 0.0278. The number of hydrogen-bond donors (Lipinski definition) is 1. The topological polar surface area (TPSA) is 82.1 Å². The Bertz CT molecular complexity index is 287. The van der Waals surface area contributed by atoms with Gasteiger partial charge in [-0.05, 0) is 20.3 Å². The number of carbonyl (C=O) groups excluding carboxylic acids is 1. The van der Waals surface area contributed by atoms with Gasteiger partial charge in [0.25, 0.3) is 0 Å². The molecule has 2 unspecified atom stereocenters. The van der Waals surface area contributed by atoms with Gasteiger partial charge < -0.3 is 4.52 Å². The third kappa shape index (κ3) is 5.09. The summed E-state index contributed by atoms with van der Waals surface area (Å²) in [6.07, 6.45) is 0.0544. The number of hydrogen-bond acceptors (Lipinski definition) is 6. The van der Waals surface area contributed by atoms with Gasteiger partial charge in [-0.15, -0.1) is 4.67 Å². The molecule has 0 aromatic heterocycles. The van der Waals surface area contributed by atoms with E-state index in [9.17, 15) is 9.36 Å². The molecular formula is C8H15O6P. The average molecular weight is 238 g/mol. The Morgan fingerprint density at radius 1 is 1.60 bits per heavy atom. The largest absolute Gasteiger partial charge is 0.560 e. The molecular weight excluding hydrogens is 223 g/mol. The number of phosphoric ester groups is 1. The van der Waals surface area contributed by atoms with Gasteiger partial charge in [0.2, 0.25) is 0 Å². The highest BCUT2D eigenvalue weighted by molar-refractivity contribution is 7.49. The zero-order valence-corrected chi connectivity index (χ0v) is 9.82. The molecule has 6 nitrogen and oxygen atoms in total. The minimum atomic E-state index is -4.24. The van der Waals surface area contributed by atoms with Gasteiger partial charge in [0.15, 0.2) is 0 Å². The first-order chi connectivity index (χ1) is 6.84. The van der Waals surface area contributed by atoms with Crippen molar-refractivity contribution in [1.29, 1.82) is 0 Å². The van der Waals surface area contributed by atoms with Gasteiger partial charge in [0, 0.05) is 5.57 Å². The van der Waals surface area contributed by atoms with E-state index in [1.165, 1.54) is 6.92 Å². The van der Waals surface area contributed by atoms with E-state index >= 15 is 0 Å². The summed E-state index contributed by atoms with van der Waals surface area (Å²) in [6.45, 7) is 8.02. The van der Waals surface area contributed by atoms with Crippen molar-refractivity contribution >= 4 is 13.8 Å². The minimum absolute atomic E-state index is 0.0278. The van der Waals surface area contributed by atoms with Crippen LogP contribution in [-0.4, -0.2) is 17.3 Å². The molecule has 0 amide bonds. The fourth-order valence-electron chi connectivity index (χ4n) is 0.532. The second-order valence-electron chi connectivity index (χ2n) is 3.01. The Morgan fingerprint density at radius 3 is 2.47 bits per heavy atom. The Balaban J connectivity index is 4.51. The summed E-state index contributed by atoms with van der Waals surface area (Å²) in [7, 11) is -4.24. The number of phosphoric acid groups is 1. The van der Waals surface area contributed by atoms with Crippen LogP contribution < -0.4 is 0 Å². The molecule has 0 heterocycles. The van der Waals surface area contributed by atoms with Crippen molar-refractivity contribution in [2.24, 2.45) is 0 Å². The monoisotopic (exact) mass is 238 g/mol. The van der Waals surface area contributed by atoms with E-state index in [4.69, 9.17) is 9.78 Å². The van der Waals surface area contributed by atoms with Crippen molar-refractivity contribution in [3.05, 3.63) is 12.2 Å². The molecule has 88 valence electrons. The van der Waals surface area contributed by atoms with Crippen molar-refractivity contribution in [2.45, 2.75) is 33.3 Å². The molecule has 0 saturated heterocycles. The lowest BCUT2D eigenvalue weighted by Crippen LogP contribution is -2.11. The zero-order valence-electron chi connectivity index (χ0n) is 8.93. The lowest BCUT2D eigenvalue weighted by Gasteiger charge is -2.17. The fourth-order valence-corrected chi connectivity index (χ4v) is 1.60. The summed E-state index contributed by atoms with van der Waals surface area (Å²) in [5, 5.41) is 8.37. The van der Waals surface area contributed by atoms with Crippen LogP contribution in [0.15, 0.2) is 12.2 Å². The highest BCUT2D eigenvalue weighted by atomic mass is 31.2. The van der Waals surface area contributed by atoms with Crippen molar-refractivity contribution in [1.82, 2.24) is 0 Å². The van der Waals surface area contributed by atoms with Crippen LogP contribution >= 0.6 is 7.82 Å². The molecule has 0 aliphatic heterocycles. The summed E-state index contributed by atoms with van der Waals surface area (Å²) >= 11 is 0. The van der Waals surface area contributed by atoms with E-state index in [-0.39, 0.29) is 5.57 Å². The van der Waals surface area contributed by atoms with Crippen LogP contribution in [0.2, 0.25) is 0 Å². The van der Waals surface area contributed by atoms with Gasteiger partial charge in [-0.1, -0.05) is 13.5 Å². The van der Waals surface area contributed by atoms with Crippen molar-refractivity contribution < 1.29 is 28.3 Å². The van der Waals surface area contributed by atoms with Gasteiger partial charge in [-0.25, -0.2) is 14.6 Å². The predicted octanol–water partition coefficient (Wildman–Crippen LogP) is 2.52. The Labute approximate surface area is 88.4 Å². The molecule has 0 aliphatic rings. The Morgan fingerprint density at radius 2 is 2.13 bits per heavy atom. The lowest BCUT2D eigenvalue weighted by atomic mass is 10.3. The second-order valence-corrected chi connectivity index (χ2v) is 4.46. The third-order valence-electron chi connectivity index (χ3n) is 1.53. The maximum Gasteiger partial charge on any atom is 0.560 e. The normalized spacial score (nSPS) is 16.5. The molecule has 0 saturated carbocycles. The van der Waals surface area contributed by atoms with Gasteiger partial charge in [-0.2, -0.15) is 0 Å². The molecule has 0 aromatic carbocycles. The molecule has 1 N–H and O–H groups in total. The second kappa shape index (κ2) is 6.02. The predicted molar refractivity (Wildman–Crippen MR) is 53.1 cm³/mol. The van der Waals surface area contributed by atoms with Gasteiger partial charge in [-0.3, -0.25) is 4.52 Å². The van der Waals surface area contributed by atoms with Crippen molar-refractivity contribution in [3.63, 3.8) is 0 Å². The van der Waals surface area contributed by atoms with Gasteiger partial charge in [0.1, 0.15) is 0 Å². The van der Waals surface area contributed by atoms with Crippen LogP contribution in [0.25, 0.3) is 0 Å². The van der Waals surface area contributed by atoms with Crippen LogP contribution in [0.1, 0.15) is 27.2 Å². The van der Waals surface area contributed by atoms with Crippen molar-refractivity contribution in [2.75, 3.05) is 0 Å². The first-order valence-corrected chi connectivity index (χ1v) is 5.81. The van der Waals surface area contributed by atoms with Gasteiger partial charge >= 0.3 is 13.8 Å². The molecule has 0 aromatic rings. The molecule has 2 atom stereocenters. The Kier molecular flexibility index (Phi) is 5.75. The van der Waals surface area contributed by atoms with Gasteiger partial charge in [0.05, 0.1) is 6.10 Å². The van der Waals surface area contributed by atoms with Crippen LogP contribution in [-0.2, 0) is 23.1 Å². The van der Waals surface area contributed by atoms with Crippen molar-refractivity contribution in [3.8, 4) is 0 Å². The number of rotatable bonds is 6. The molecule has 0 bridgehead atoms. The van der Waals surface area contributed by atoms with E-state index in [1.54, 1.807) is 13.8 Å². The van der Waals surface area contributed by atoms with Crippen LogP contribution in [0, 0.1) is 0 Å². The molecule has 0 aliphatic carbocycles. The van der Waals surface area contributed by atoms with E-state index in [0.717, 1.165) is 0 Å². The summed E-state index contributed by atoms with van der Waals surface area (Å²) in [5.74, 6) is -0.948. The van der Waals surface area contributed by atoms with E-state index in [1.807, 2.05) is 0 Å². The first kappa shape index (κ1) is 14.3. The molecule has 0 radical (unpaired) electrons. The Hall–Kier alpha value is -0.680. The maximum absolute atomic E-state index is 11.5. The highest BCUT2D eigenvalue weighted by Gasteiger charge is 2.33. The van der Waals surface area contributed by atoms with E-state index < -0.39 is 19.9 Å². The SMILES string of the molecule is C=C(C)C(=O)OP(=O)(OO)OC(C)CC. The molecule has 0 fully saturated rings. The third-order valence-corrected chi connectivity index (χ3v) is 2.73. The molecule has 0 spiro atoms. The lowest BCUT2D eigenvalue weighted by molar-refractivity contribution is -0.173. The maximum atomic E-state index is 11.5. The summed E-state index contributed by atoms with van der Waals surface area (Å²) in [4.78, 5) is 11.0. The molecule has 15 heavy (non-hydrogen) atoms.